The van der Waals surface area contributed by atoms with Crippen molar-refractivity contribution in [3.05, 3.63) is 70.0 Å². The fraction of sp³-hybridized carbons (Fsp3) is 0. The molecule has 0 atom stereocenters. The van der Waals surface area contributed by atoms with Crippen LogP contribution in [0.1, 0.15) is 10.6 Å². The van der Waals surface area contributed by atoms with Gasteiger partial charge < -0.3 is 0 Å². The zero-order chi connectivity index (χ0) is 17.1. The molecule has 4 aromatic rings. The molecule has 0 aliphatic carbocycles. The van der Waals surface area contributed by atoms with Gasteiger partial charge in [-0.25, -0.2) is 4.98 Å². The number of aromatic amines is 1. The molecule has 0 saturated heterocycles. The summed E-state index contributed by atoms with van der Waals surface area (Å²) in [6, 6.07) is 16.2. The number of thiophene rings is 1. The van der Waals surface area contributed by atoms with Crippen LogP contribution >= 0.6 is 22.7 Å². The summed E-state index contributed by atoms with van der Waals surface area (Å²) in [6.07, 6.45) is 3.57. The molecule has 6 heteroatoms. The van der Waals surface area contributed by atoms with Crippen molar-refractivity contribution in [3.8, 4) is 27.9 Å². The molecule has 0 spiro atoms. The maximum absolute atomic E-state index is 9.60. The van der Waals surface area contributed by atoms with Gasteiger partial charge in [-0.15, -0.1) is 22.7 Å². The monoisotopic (exact) mass is 360 g/mol. The largest absolute Gasteiger partial charge is 0.277 e. The lowest BCUT2D eigenvalue weighted by Crippen LogP contribution is -1.84. The summed E-state index contributed by atoms with van der Waals surface area (Å²) in [4.78, 5) is 5.72. The second-order valence-corrected chi connectivity index (χ2v) is 7.06. The third-order valence-corrected chi connectivity index (χ3v) is 5.43. The van der Waals surface area contributed by atoms with Crippen molar-refractivity contribution in [1.82, 2.24) is 15.2 Å². The molecular weight excluding hydrogens is 348 g/mol. The number of allylic oxidation sites excluding steroid dienone is 1. The van der Waals surface area contributed by atoms with Crippen molar-refractivity contribution < 1.29 is 0 Å². The molecule has 120 valence electrons. The van der Waals surface area contributed by atoms with Gasteiger partial charge in [-0.1, -0.05) is 36.4 Å². The SMILES string of the molecule is N#C/C(=C\c1cn[nH]c1-c1ccccc1)c1nc(-c2cccs2)cs1. The third kappa shape index (κ3) is 3.15. The summed E-state index contributed by atoms with van der Waals surface area (Å²) in [6.45, 7) is 0. The minimum absolute atomic E-state index is 0.534. The number of aromatic nitrogens is 3. The average molecular weight is 360 g/mol. The summed E-state index contributed by atoms with van der Waals surface area (Å²) in [7, 11) is 0. The molecule has 3 heterocycles. The van der Waals surface area contributed by atoms with Gasteiger partial charge in [0.05, 0.1) is 28.0 Å². The van der Waals surface area contributed by atoms with E-state index in [9.17, 15) is 5.26 Å². The summed E-state index contributed by atoms with van der Waals surface area (Å²) in [5.41, 5.74) is 4.24. The quantitative estimate of drug-likeness (QED) is 0.501. The Bertz CT molecular complexity index is 1050. The van der Waals surface area contributed by atoms with Gasteiger partial charge in [0.1, 0.15) is 11.1 Å². The molecule has 25 heavy (non-hydrogen) atoms. The highest BCUT2D eigenvalue weighted by molar-refractivity contribution is 7.14. The van der Waals surface area contributed by atoms with E-state index in [1.807, 2.05) is 59.3 Å². The molecule has 0 amide bonds. The van der Waals surface area contributed by atoms with Gasteiger partial charge in [-0.2, -0.15) is 10.4 Å². The summed E-state index contributed by atoms with van der Waals surface area (Å²) < 4.78 is 0. The Hall–Kier alpha value is -3.01. The molecule has 4 rings (SSSR count). The van der Waals surface area contributed by atoms with E-state index in [0.29, 0.717) is 10.6 Å². The third-order valence-electron chi connectivity index (χ3n) is 3.66. The standard InChI is InChI=1S/C19H12N4S2/c20-10-14(19-22-16(12-25-19)17-7-4-8-24-17)9-15-11-21-23-18(15)13-5-2-1-3-6-13/h1-9,11-12H,(H,21,23)/b14-9+. The molecule has 0 fully saturated rings. The second-order valence-electron chi connectivity index (χ2n) is 5.25. The van der Waals surface area contributed by atoms with E-state index >= 15 is 0 Å². The van der Waals surface area contributed by atoms with E-state index in [-0.39, 0.29) is 0 Å². The van der Waals surface area contributed by atoms with Crippen molar-refractivity contribution in [2.24, 2.45) is 0 Å². The number of thiazole rings is 1. The molecule has 0 unspecified atom stereocenters. The minimum Gasteiger partial charge on any atom is -0.277 e. The Kier molecular flexibility index (Phi) is 4.25. The van der Waals surface area contributed by atoms with E-state index in [0.717, 1.165) is 27.4 Å². The van der Waals surface area contributed by atoms with Gasteiger partial charge in [0, 0.05) is 16.5 Å². The van der Waals surface area contributed by atoms with Crippen LogP contribution < -0.4 is 0 Å². The number of rotatable bonds is 4. The smallest absolute Gasteiger partial charge is 0.134 e. The zero-order valence-corrected chi connectivity index (χ0v) is 14.6. The molecule has 0 radical (unpaired) electrons. The summed E-state index contributed by atoms with van der Waals surface area (Å²) >= 11 is 3.12. The first-order chi connectivity index (χ1) is 12.3. The van der Waals surface area contributed by atoms with Crippen LogP contribution in [0.4, 0.5) is 0 Å². The van der Waals surface area contributed by atoms with Crippen LogP contribution in [0.25, 0.3) is 33.5 Å². The van der Waals surface area contributed by atoms with E-state index in [1.54, 1.807) is 17.5 Å². The second kappa shape index (κ2) is 6.85. The van der Waals surface area contributed by atoms with Crippen molar-refractivity contribution in [1.29, 1.82) is 5.26 Å². The lowest BCUT2D eigenvalue weighted by atomic mass is 10.1. The van der Waals surface area contributed by atoms with E-state index in [2.05, 4.69) is 21.3 Å². The van der Waals surface area contributed by atoms with Gasteiger partial charge in [0.15, 0.2) is 0 Å². The first kappa shape index (κ1) is 15.5. The Morgan fingerprint density at radius 3 is 2.76 bits per heavy atom. The van der Waals surface area contributed by atoms with Gasteiger partial charge in [0.25, 0.3) is 0 Å². The molecule has 3 aromatic heterocycles. The number of nitrogens with one attached hydrogen (secondary N) is 1. The van der Waals surface area contributed by atoms with Crippen molar-refractivity contribution >= 4 is 34.3 Å². The molecule has 0 saturated carbocycles. The van der Waals surface area contributed by atoms with Crippen molar-refractivity contribution in [3.63, 3.8) is 0 Å². The number of benzene rings is 1. The van der Waals surface area contributed by atoms with Gasteiger partial charge in [-0.3, -0.25) is 5.10 Å². The highest BCUT2D eigenvalue weighted by Gasteiger charge is 2.12. The van der Waals surface area contributed by atoms with Crippen molar-refractivity contribution in [2.75, 3.05) is 0 Å². The highest BCUT2D eigenvalue weighted by Crippen LogP contribution is 2.31. The Balaban J connectivity index is 1.71. The Morgan fingerprint density at radius 2 is 2.00 bits per heavy atom. The molecule has 0 aliphatic rings. The summed E-state index contributed by atoms with van der Waals surface area (Å²) in [5.74, 6) is 0. The number of hydrogen-bond donors (Lipinski definition) is 1. The lowest BCUT2D eigenvalue weighted by molar-refractivity contribution is 1.10. The number of nitrogens with zero attached hydrogens (tertiary/aromatic N) is 3. The fourth-order valence-corrected chi connectivity index (χ4v) is 4.02. The highest BCUT2D eigenvalue weighted by atomic mass is 32.1. The van der Waals surface area contributed by atoms with Crippen LogP contribution in [0.15, 0.2) is 59.4 Å². The lowest BCUT2D eigenvalue weighted by Gasteiger charge is -2.00. The topological polar surface area (TPSA) is 65.4 Å². The van der Waals surface area contributed by atoms with Crippen LogP contribution in [-0.4, -0.2) is 15.2 Å². The average Bonchev–Trinajstić information content (AvgIpc) is 3.41. The number of nitriles is 1. The first-order valence-electron chi connectivity index (χ1n) is 7.55. The fourth-order valence-electron chi connectivity index (χ4n) is 2.47. The number of hydrogen-bond acceptors (Lipinski definition) is 5. The van der Waals surface area contributed by atoms with Crippen LogP contribution in [-0.2, 0) is 0 Å². The van der Waals surface area contributed by atoms with Crippen LogP contribution in [0, 0.1) is 11.3 Å². The predicted octanol–water partition coefficient (Wildman–Crippen LogP) is 5.33. The minimum atomic E-state index is 0.534. The zero-order valence-electron chi connectivity index (χ0n) is 13.0. The summed E-state index contributed by atoms with van der Waals surface area (Å²) in [5, 5.41) is 21.5. The van der Waals surface area contributed by atoms with E-state index in [4.69, 9.17) is 0 Å². The Labute approximate surface area is 152 Å². The van der Waals surface area contributed by atoms with Crippen molar-refractivity contribution in [2.45, 2.75) is 0 Å². The maximum atomic E-state index is 9.60. The molecule has 0 aliphatic heterocycles. The maximum Gasteiger partial charge on any atom is 0.134 e. The van der Waals surface area contributed by atoms with E-state index < -0.39 is 0 Å². The normalized spacial score (nSPS) is 11.4. The van der Waals surface area contributed by atoms with Gasteiger partial charge in [-0.05, 0) is 17.5 Å². The molecule has 1 N–H and O–H groups in total. The van der Waals surface area contributed by atoms with Crippen LogP contribution in [0.5, 0.6) is 0 Å². The first-order valence-corrected chi connectivity index (χ1v) is 9.31. The van der Waals surface area contributed by atoms with E-state index in [1.165, 1.54) is 11.3 Å². The van der Waals surface area contributed by atoms with Gasteiger partial charge in [0.2, 0.25) is 0 Å². The molecule has 4 nitrogen and oxygen atoms in total. The van der Waals surface area contributed by atoms with Gasteiger partial charge >= 0.3 is 0 Å². The van der Waals surface area contributed by atoms with Crippen LogP contribution in [0.2, 0.25) is 0 Å². The molecular formula is C19H12N4S2. The number of H-pyrrole nitrogens is 1. The Morgan fingerprint density at radius 1 is 1.12 bits per heavy atom. The molecule has 0 bridgehead atoms. The van der Waals surface area contributed by atoms with Crippen LogP contribution in [0.3, 0.4) is 0 Å². The molecule has 1 aromatic carbocycles. The predicted molar refractivity (Wildman–Crippen MR) is 103 cm³/mol.